The minimum Gasteiger partial charge on any atom is -0.478 e. The number of nitrogens with one attached hydrogen (secondary N) is 1. The van der Waals surface area contributed by atoms with Crippen molar-refractivity contribution in [2.24, 2.45) is 0 Å². The van der Waals surface area contributed by atoms with Crippen molar-refractivity contribution in [2.45, 2.75) is 0 Å². The van der Waals surface area contributed by atoms with Gasteiger partial charge in [0.05, 0.1) is 15.6 Å². The number of carboxylic acids is 1. The third-order valence-electron chi connectivity index (χ3n) is 2.49. The molecule has 1 amide bonds. The molecule has 0 aliphatic carbocycles. The first-order chi connectivity index (χ1) is 9.97. The summed E-state index contributed by atoms with van der Waals surface area (Å²) in [5.74, 6) is -2.76. The Hall–Kier alpha value is -2.18. The third kappa shape index (κ3) is 3.90. The first kappa shape index (κ1) is 15.2. The smallest absolute Gasteiger partial charge is 0.337 e. The third-order valence-corrected chi connectivity index (χ3v) is 3.68. The Kier molecular flexibility index (Phi) is 4.72. The van der Waals surface area contributed by atoms with Gasteiger partial charge in [-0.15, -0.1) is 11.3 Å². The van der Waals surface area contributed by atoms with Gasteiger partial charge in [0.15, 0.2) is 0 Å². The van der Waals surface area contributed by atoms with Crippen LogP contribution in [-0.2, 0) is 4.79 Å². The van der Waals surface area contributed by atoms with Crippen molar-refractivity contribution in [3.05, 3.63) is 57.0 Å². The largest absolute Gasteiger partial charge is 0.478 e. The second-order valence-corrected chi connectivity index (χ2v) is 5.68. The SMILES string of the molecule is O=C(/C=C/c1ccc(Cl)s1)Nc1c(F)cccc1C(=O)O. The fourth-order valence-corrected chi connectivity index (χ4v) is 2.53. The minimum atomic E-state index is -1.32. The van der Waals surface area contributed by atoms with E-state index < -0.39 is 17.7 Å². The highest BCUT2D eigenvalue weighted by molar-refractivity contribution is 7.17. The average molecular weight is 326 g/mol. The molecule has 7 heteroatoms. The fraction of sp³-hybridized carbons (Fsp3) is 0. The van der Waals surface area contributed by atoms with Crippen LogP contribution in [0, 0.1) is 5.82 Å². The highest BCUT2D eigenvalue weighted by Crippen LogP contribution is 2.23. The summed E-state index contributed by atoms with van der Waals surface area (Å²) in [6, 6.07) is 6.96. The van der Waals surface area contributed by atoms with Gasteiger partial charge in [0, 0.05) is 11.0 Å². The molecule has 0 radical (unpaired) electrons. The van der Waals surface area contributed by atoms with Crippen molar-refractivity contribution in [3.8, 4) is 0 Å². The molecular weight excluding hydrogens is 317 g/mol. The van der Waals surface area contributed by atoms with Crippen molar-refractivity contribution >= 4 is 46.6 Å². The highest BCUT2D eigenvalue weighted by Gasteiger charge is 2.15. The molecule has 0 aliphatic heterocycles. The Morgan fingerprint density at radius 1 is 1.29 bits per heavy atom. The number of carbonyl (C=O) groups excluding carboxylic acids is 1. The lowest BCUT2D eigenvalue weighted by atomic mass is 10.1. The normalized spacial score (nSPS) is 10.8. The summed E-state index contributed by atoms with van der Waals surface area (Å²) in [4.78, 5) is 23.5. The van der Waals surface area contributed by atoms with E-state index in [2.05, 4.69) is 5.32 Å². The van der Waals surface area contributed by atoms with E-state index >= 15 is 0 Å². The van der Waals surface area contributed by atoms with Crippen molar-refractivity contribution in [1.82, 2.24) is 0 Å². The number of benzene rings is 1. The maximum absolute atomic E-state index is 13.6. The summed E-state index contributed by atoms with van der Waals surface area (Å²) >= 11 is 7.03. The zero-order valence-corrected chi connectivity index (χ0v) is 12.0. The van der Waals surface area contributed by atoms with Gasteiger partial charge < -0.3 is 10.4 Å². The lowest BCUT2D eigenvalue weighted by molar-refractivity contribution is -0.111. The number of hydrogen-bond donors (Lipinski definition) is 2. The van der Waals surface area contributed by atoms with E-state index in [1.807, 2.05) is 0 Å². The van der Waals surface area contributed by atoms with Crippen LogP contribution in [0.5, 0.6) is 0 Å². The lowest BCUT2D eigenvalue weighted by Crippen LogP contribution is -2.13. The lowest BCUT2D eigenvalue weighted by Gasteiger charge is -2.07. The molecule has 108 valence electrons. The molecule has 0 spiro atoms. The first-order valence-corrected chi connectivity index (χ1v) is 6.93. The zero-order chi connectivity index (χ0) is 15.4. The number of thiophene rings is 1. The Morgan fingerprint density at radius 3 is 2.67 bits per heavy atom. The molecule has 0 unspecified atom stereocenters. The quantitative estimate of drug-likeness (QED) is 0.838. The number of aromatic carboxylic acids is 1. The van der Waals surface area contributed by atoms with Gasteiger partial charge in [0.2, 0.25) is 5.91 Å². The molecule has 0 bridgehead atoms. The maximum atomic E-state index is 13.6. The van der Waals surface area contributed by atoms with Gasteiger partial charge in [-0.2, -0.15) is 0 Å². The molecule has 0 fully saturated rings. The van der Waals surface area contributed by atoms with Crippen LogP contribution in [0.1, 0.15) is 15.2 Å². The van der Waals surface area contributed by atoms with Crippen LogP contribution in [0.15, 0.2) is 36.4 Å². The van der Waals surface area contributed by atoms with Gasteiger partial charge in [-0.1, -0.05) is 17.7 Å². The van der Waals surface area contributed by atoms with E-state index in [-0.39, 0.29) is 11.3 Å². The summed E-state index contributed by atoms with van der Waals surface area (Å²) in [6.07, 6.45) is 2.69. The van der Waals surface area contributed by atoms with Crippen LogP contribution >= 0.6 is 22.9 Å². The molecule has 2 N–H and O–H groups in total. The minimum absolute atomic E-state index is 0.309. The van der Waals surface area contributed by atoms with E-state index in [1.165, 1.54) is 35.6 Å². The van der Waals surface area contributed by atoms with Crippen molar-refractivity contribution in [3.63, 3.8) is 0 Å². The number of carbonyl (C=O) groups is 2. The molecule has 21 heavy (non-hydrogen) atoms. The van der Waals surface area contributed by atoms with Crippen LogP contribution in [0.4, 0.5) is 10.1 Å². The van der Waals surface area contributed by atoms with Gasteiger partial charge in [0.1, 0.15) is 5.82 Å². The van der Waals surface area contributed by atoms with Crippen LogP contribution in [0.3, 0.4) is 0 Å². The van der Waals surface area contributed by atoms with Gasteiger partial charge in [0.25, 0.3) is 0 Å². The molecule has 2 rings (SSSR count). The van der Waals surface area contributed by atoms with Crippen LogP contribution in [0.2, 0.25) is 4.34 Å². The second-order valence-electron chi connectivity index (χ2n) is 3.93. The molecule has 1 aromatic carbocycles. The summed E-state index contributed by atoms with van der Waals surface area (Å²) < 4.78 is 14.2. The summed E-state index contributed by atoms with van der Waals surface area (Å²) in [6.45, 7) is 0. The Balaban J connectivity index is 2.16. The van der Waals surface area contributed by atoms with E-state index in [9.17, 15) is 14.0 Å². The molecule has 0 atom stereocenters. The van der Waals surface area contributed by atoms with E-state index in [4.69, 9.17) is 16.7 Å². The Labute approximate surface area is 128 Å². The van der Waals surface area contributed by atoms with E-state index in [1.54, 1.807) is 12.1 Å². The number of para-hydroxylation sites is 1. The van der Waals surface area contributed by atoms with Crippen LogP contribution < -0.4 is 5.32 Å². The average Bonchev–Trinajstić information content (AvgIpc) is 2.84. The molecule has 0 saturated carbocycles. The second kappa shape index (κ2) is 6.51. The van der Waals surface area contributed by atoms with E-state index in [0.29, 0.717) is 4.34 Å². The number of amides is 1. The maximum Gasteiger partial charge on any atom is 0.337 e. The Bertz CT molecular complexity index is 727. The molecule has 4 nitrogen and oxygen atoms in total. The molecule has 0 saturated heterocycles. The number of rotatable bonds is 4. The predicted molar refractivity (Wildman–Crippen MR) is 80.4 cm³/mol. The fourth-order valence-electron chi connectivity index (χ4n) is 1.57. The highest BCUT2D eigenvalue weighted by atomic mass is 35.5. The van der Waals surface area contributed by atoms with E-state index in [0.717, 1.165) is 10.9 Å². The van der Waals surface area contributed by atoms with Crippen LogP contribution in [0.25, 0.3) is 6.08 Å². The van der Waals surface area contributed by atoms with Gasteiger partial charge in [-0.3, -0.25) is 4.79 Å². The monoisotopic (exact) mass is 325 g/mol. The molecular formula is C14H9ClFNO3S. The number of hydrogen-bond acceptors (Lipinski definition) is 3. The first-order valence-electron chi connectivity index (χ1n) is 5.73. The van der Waals surface area contributed by atoms with Crippen molar-refractivity contribution in [1.29, 1.82) is 0 Å². The summed E-state index contributed by atoms with van der Waals surface area (Å²) in [5, 5.41) is 11.2. The van der Waals surface area contributed by atoms with Gasteiger partial charge >= 0.3 is 5.97 Å². The number of anilines is 1. The number of halogens is 2. The van der Waals surface area contributed by atoms with Crippen LogP contribution in [-0.4, -0.2) is 17.0 Å². The topological polar surface area (TPSA) is 66.4 Å². The van der Waals surface area contributed by atoms with Crippen molar-refractivity contribution < 1.29 is 19.1 Å². The zero-order valence-electron chi connectivity index (χ0n) is 10.5. The molecule has 1 heterocycles. The standard InChI is InChI=1S/C14H9ClFNO3S/c15-11-6-4-8(21-11)5-7-12(18)17-13-9(14(19)20)2-1-3-10(13)16/h1-7H,(H,17,18)(H,19,20)/b7-5+. The predicted octanol–water partition coefficient (Wildman–Crippen LogP) is 3.89. The summed E-state index contributed by atoms with van der Waals surface area (Å²) in [7, 11) is 0. The van der Waals surface area contributed by atoms with Gasteiger partial charge in [-0.25, -0.2) is 9.18 Å². The van der Waals surface area contributed by atoms with Gasteiger partial charge in [-0.05, 0) is 30.3 Å². The molecule has 2 aromatic rings. The van der Waals surface area contributed by atoms with Crippen molar-refractivity contribution in [2.75, 3.05) is 5.32 Å². The molecule has 1 aromatic heterocycles. The summed E-state index contributed by atoms with van der Waals surface area (Å²) in [5.41, 5.74) is -0.667. The molecule has 0 aliphatic rings. The number of carboxylic acid groups (broad SMARTS) is 1. The Morgan fingerprint density at radius 2 is 2.05 bits per heavy atom.